The predicted molar refractivity (Wildman–Crippen MR) is 199 cm³/mol. The number of nitrogens with zero attached hydrogens (tertiary/aromatic N) is 3. The van der Waals surface area contributed by atoms with Crippen LogP contribution in [0.1, 0.15) is 71.4 Å². The molecule has 14 heteroatoms. The van der Waals surface area contributed by atoms with E-state index in [0.29, 0.717) is 50.1 Å². The summed E-state index contributed by atoms with van der Waals surface area (Å²) in [6, 6.07) is 12.9. The summed E-state index contributed by atoms with van der Waals surface area (Å²) in [4.78, 5) is 83.5. The van der Waals surface area contributed by atoms with Gasteiger partial charge in [-0.15, -0.1) is 0 Å². The van der Waals surface area contributed by atoms with Crippen LogP contribution in [0, 0.1) is 11.8 Å². The van der Waals surface area contributed by atoms with Crippen molar-refractivity contribution >= 4 is 59.3 Å². The van der Waals surface area contributed by atoms with E-state index in [4.69, 9.17) is 9.47 Å². The van der Waals surface area contributed by atoms with Crippen LogP contribution in [-0.4, -0.2) is 101 Å². The largest absolute Gasteiger partial charge is 0.453 e. The van der Waals surface area contributed by atoms with Gasteiger partial charge in [0.05, 0.1) is 14.2 Å². The van der Waals surface area contributed by atoms with E-state index in [1.807, 2.05) is 64.1 Å². The maximum Gasteiger partial charge on any atom is 0.412 e. The number of hydrogen-bond acceptors (Lipinski definition) is 8. The van der Waals surface area contributed by atoms with Crippen molar-refractivity contribution in [2.75, 3.05) is 37.9 Å². The molecule has 0 aliphatic carbocycles. The van der Waals surface area contributed by atoms with Gasteiger partial charge in [-0.2, -0.15) is 0 Å². The van der Waals surface area contributed by atoms with Crippen LogP contribution in [0.5, 0.6) is 0 Å². The number of carbonyl (C=O) groups is 6. The van der Waals surface area contributed by atoms with Crippen LogP contribution in [0.15, 0.2) is 48.5 Å². The molecule has 4 unspecified atom stereocenters. The molecule has 4 atom stereocenters. The minimum Gasteiger partial charge on any atom is -0.453 e. The summed E-state index contributed by atoms with van der Waals surface area (Å²) in [7, 11) is 2.49. The summed E-state index contributed by atoms with van der Waals surface area (Å²) < 4.78 is 9.74. The monoisotopic (exact) mass is 730 g/mol. The number of anilines is 2. The molecule has 2 aromatic carbocycles. The van der Waals surface area contributed by atoms with Crippen molar-refractivity contribution in [1.82, 2.24) is 20.0 Å². The third-order valence-electron chi connectivity index (χ3n) is 10.5. The van der Waals surface area contributed by atoms with E-state index in [9.17, 15) is 28.8 Å². The molecular weight excluding hydrogens is 680 g/mol. The number of rotatable bonds is 10. The van der Waals surface area contributed by atoms with E-state index in [0.717, 1.165) is 11.1 Å². The van der Waals surface area contributed by atoms with Gasteiger partial charge in [-0.3, -0.25) is 24.1 Å². The molecule has 14 nitrogen and oxygen atoms in total. The molecule has 2 aromatic rings. The minimum absolute atomic E-state index is 0.205. The van der Waals surface area contributed by atoms with Gasteiger partial charge < -0.3 is 35.2 Å². The molecule has 0 saturated carbocycles. The first kappa shape index (κ1) is 38.8. The smallest absolute Gasteiger partial charge is 0.412 e. The average molecular weight is 731 g/mol. The van der Waals surface area contributed by atoms with Crippen molar-refractivity contribution in [1.29, 1.82) is 0 Å². The molecule has 3 aliphatic heterocycles. The Hall–Kier alpha value is -5.40. The quantitative estimate of drug-likeness (QED) is 0.290. The Balaban J connectivity index is 1.21. The average Bonchev–Trinajstić information content (AvgIpc) is 3.83. The molecule has 6 amide bonds. The molecule has 3 fully saturated rings. The molecule has 0 bridgehead atoms. The normalized spacial score (nSPS) is 23.0. The number of amides is 6. The van der Waals surface area contributed by atoms with Crippen LogP contribution in [0.4, 0.5) is 21.0 Å². The lowest BCUT2D eigenvalue weighted by Crippen LogP contribution is -2.61. The minimum atomic E-state index is -1.45. The number of hydrogen-bond donors (Lipinski definition) is 3. The predicted octanol–water partition coefficient (Wildman–Crippen LogP) is 4.92. The number of benzene rings is 2. The lowest BCUT2D eigenvalue weighted by Gasteiger charge is -2.38. The SMILES string of the molecule is COC(=O)NC(C(=O)N1CCCC1(C)C(=O)Nc1ccc(C=Cc2ccc(NC(=O)C34CCCN3C(=O)C(C(C)C)N4C(=O)OC)cc2)cc1)C(C)C. The van der Waals surface area contributed by atoms with Gasteiger partial charge in [0, 0.05) is 30.9 Å². The van der Waals surface area contributed by atoms with Crippen molar-refractivity contribution in [3.63, 3.8) is 0 Å². The lowest BCUT2D eigenvalue weighted by molar-refractivity contribution is -0.144. The van der Waals surface area contributed by atoms with Crippen LogP contribution < -0.4 is 16.0 Å². The summed E-state index contributed by atoms with van der Waals surface area (Å²) in [6.45, 7) is 9.87. The Morgan fingerprint density at radius 1 is 0.792 bits per heavy atom. The first-order valence-corrected chi connectivity index (χ1v) is 18.0. The summed E-state index contributed by atoms with van der Waals surface area (Å²) in [5.41, 5.74) is 0.314. The lowest BCUT2D eigenvalue weighted by atomic mass is 9.95. The van der Waals surface area contributed by atoms with Crippen LogP contribution in [-0.2, 0) is 28.7 Å². The standard InChI is InChI=1S/C39H50N6O8/c1-24(2)30(42-36(50)52-6)32(46)43-22-8-20-38(43,5)34(48)40-28-16-12-26(13-17-28)10-11-27-14-18-29(19-15-27)41-35(49)39-21-9-23-44(39)33(47)31(25(3)4)45(39)37(51)53-7/h10-19,24-25,30-31H,8-9,20-23H2,1-7H3,(H,40,48)(H,41,49)(H,42,50). The third-order valence-corrected chi connectivity index (χ3v) is 10.5. The van der Waals surface area contributed by atoms with Crippen molar-refractivity contribution < 1.29 is 38.2 Å². The van der Waals surface area contributed by atoms with Crippen molar-refractivity contribution in [3.05, 3.63) is 59.7 Å². The van der Waals surface area contributed by atoms with E-state index in [1.54, 1.807) is 36.1 Å². The molecule has 0 spiro atoms. The zero-order chi connectivity index (χ0) is 38.7. The van der Waals surface area contributed by atoms with Gasteiger partial charge in [0.25, 0.3) is 5.91 Å². The second kappa shape index (κ2) is 15.7. The van der Waals surface area contributed by atoms with Crippen LogP contribution in [0.2, 0.25) is 0 Å². The molecule has 3 saturated heterocycles. The molecular formula is C39H50N6O8. The number of carbonyl (C=O) groups excluding carboxylic acids is 6. The number of methoxy groups -OCH3 is 2. The zero-order valence-electron chi connectivity index (χ0n) is 31.4. The molecule has 3 heterocycles. The van der Waals surface area contributed by atoms with Crippen molar-refractivity contribution in [2.45, 2.75) is 83.6 Å². The molecule has 3 N–H and O–H groups in total. The van der Waals surface area contributed by atoms with Gasteiger partial charge in [-0.25, -0.2) is 9.59 Å². The van der Waals surface area contributed by atoms with E-state index in [2.05, 4.69) is 16.0 Å². The summed E-state index contributed by atoms with van der Waals surface area (Å²) >= 11 is 0. The van der Waals surface area contributed by atoms with Crippen LogP contribution in [0.25, 0.3) is 12.2 Å². The Morgan fingerprint density at radius 3 is 1.85 bits per heavy atom. The first-order chi connectivity index (χ1) is 25.2. The second-order valence-corrected chi connectivity index (χ2v) is 14.6. The Kier molecular flexibility index (Phi) is 11.5. The fourth-order valence-corrected chi connectivity index (χ4v) is 7.60. The number of alkyl carbamates (subject to hydrolysis) is 1. The highest BCUT2D eigenvalue weighted by molar-refractivity contribution is 6.06. The molecule has 5 rings (SSSR count). The van der Waals surface area contributed by atoms with Gasteiger partial charge in [-0.1, -0.05) is 64.1 Å². The van der Waals surface area contributed by atoms with E-state index >= 15 is 0 Å². The van der Waals surface area contributed by atoms with Crippen molar-refractivity contribution in [2.24, 2.45) is 11.8 Å². The van der Waals surface area contributed by atoms with Gasteiger partial charge >= 0.3 is 12.2 Å². The van der Waals surface area contributed by atoms with Gasteiger partial charge in [-0.05, 0) is 73.4 Å². The van der Waals surface area contributed by atoms with E-state index in [1.165, 1.54) is 24.0 Å². The van der Waals surface area contributed by atoms with E-state index in [-0.39, 0.29) is 29.6 Å². The highest BCUT2D eigenvalue weighted by Crippen LogP contribution is 2.44. The third kappa shape index (κ3) is 7.44. The first-order valence-electron chi connectivity index (χ1n) is 18.0. The second-order valence-electron chi connectivity index (χ2n) is 14.6. The summed E-state index contributed by atoms with van der Waals surface area (Å²) in [6.07, 6.45) is 4.46. The maximum absolute atomic E-state index is 13.9. The summed E-state index contributed by atoms with van der Waals surface area (Å²) in [5, 5.41) is 8.48. The summed E-state index contributed by atoms with van der Waals surface area (Å²) in [5.74, 6) is -1.75. The number of nitrogens with one attached hydrogen (secondary N) is 3. The van der Waals surface area contributed by atoms with Crippen molar-refractivity contribution in [3.8, 4) is 0 Å². The molecule has 53 heavy (non-hydrogen) atoms. The fraction of sp³-hybridized carbons (Fsp3) is 0.487. The fourth-order valence-electron chi connectivity index (χ4n) is 7.60. The Labute approximate surface area is 310 Å². The van der Waals surface area contributed by atoms with E-state index < -0.39 is 41.4 Å². The number of fused-ring (bicyclic) bond motifs is 1. The maximum atomic E-state index is 13.9. The van der Waals surface area contributed by atoms with Gasteiger partial charge in [0.15, 0.2) is 0 Å². The molecule has 3 aliphatic rings. The van der Waals surface area contributed by atoms with Gasteiger partial charge in [0.2, 0.25) is 23.4 Å². The highest BCUT2D eigenvalue weighted by atomic mass is 16.5. The number of ether oxygens (including phenoxy) is 2. The zero-order valence-corrected chi connectivity index (χ0v) is 31.4. The van der Waals surface area contributed by atoms with Gasteiger partial charge in [0.1, 0.15) is 17.6 Å². The molecule has 0 radical (unpaired) electrons. The molecule has 284 valence electrons. The molecule has 0 aromatic heterocycles. The number of likely N-dealkylation sites (tertiary alicyclic amines) is 1. The topological polar surface area (TPSA) is 167 Å². The van der Waals surface area contributed by atoms with Crippen LogP contribution >= 0.6 is 0 Å². The Bertz CT molecular complexity index is 1760. The Morgan fingerprint density at radius 2 is 1.34 bits per heavy atom. The highest BCUT2D eigenvalue weighted by Gasteiger charge is 2.66. The van der Waals surface area contributed by atoms with Crippen LogP contribution in [0.3, 0.4) is 0 Å².